The molecule has 2 heteroatoms. The van der Waals surface area contributed by atoms with Crippen molar-refractivity contribution in [2.45, 2.75) is 20.8 Å². The van der Waals surface area contributed by atoms with Gasteiger partial charge in [-0.2, -0.15) is 0 Å². The first-order valence-corrected chi connectivity index (χ1v) is 3.86. The Balaban J connectivity index is 0.000000291. The van der Waals surface area contributed by atoms with E-state index in [0.29, 0.717) is 5.06 Å². The zero-order valence-electron chi connectivity index (χ0n) is 6.01. The zero-order chi connectivity index (χ0) is 7.28. The number of thiophene rings is 1. The van der Waals surface area contributed by atoms with E-state index in [2.05, 4.69) is 0 Å². The average Bonchev–Trinajstić information content (AvgIpc) is 2.20. The first-order valence-electron chi connectivity index (χ1n) is 3.04. The van der Waals surface area contributed by atoms with Gasteiger partial charge in [0.15, 0.2) is 5.06 Å². The minimum absolute atomic E-state index is 0.400. The van der Waals surface area contributed by atoms with Gasteiger partial charge in [0.2, 0.25) is 0 Å². The van der Waals surface area contributed by atoms with Crippen LogP contribution in [0.1, 0.15) is 18.7 Å². The lowest BCUT2D eigenvalue weighted by Gasteiger charge is -1.71. The fourth-order valence-corrected chi connectivity index (χ4v) is 1.02. The van der Waals surface area contributed by atoms with Crippen LogP contribution in [0.15, 0.2) is 12.1 Å². The molecule has 0 aliphatic carbocycles. The van der Waals surface area contributed by atoms with Crippen molar-refractivity contribution in [1.29, 1.82) is 0 Å². The molecule has 0 aliphatic heterocycles. The smallest absolute Gasteiger partial charge is 0.171 e. The second-order valence-electron chi connectivity index (χ2n) is 1.38. The Hall–Kier alpha value is -0.500. The third kappa shape index (κ3) is 3.14. The maximum absolute atomic E-state index is 8.67. The Bertz CT molecular complexity index is 141. The first kappa shape index (κ1) is 8.50. The molecular weight excluding hydrogens is 132 g/mol. The van der Waals surface area contributed by atoms with E-state index in [0.717, 1.165) is 4.88 Å². The fourth-order valence-electron chi connectivity index (χ4n) is 0.422. The highest BCUT2D eigenvalue weighted by Gasteiger charge is 1.87. The molecule has 0 fully saturated rings. The van der Waals surface area contributed by atoms with E-state index in [-0.39, 0.29) is 0 Å². The monoisotopic (exact) mass is 144 g/mol. The van der Waals surface area contributed by atoms with Crippen molar-refractivity contribution < 1.29 is 5.11 Å². The van der Waals surface area contributed by atoms with Crippen molar-refractivity contribution in [2.75, 3.05) is 0 Å². The molecule has 0 spiro atoms. The molecule has 0 radical (unpaired) electrons. The van der Waals surface area contributed by atoms with Crippen molar-refractivity contribution in [3.8, 4) is 5.06 Å². The summed E-state index contributed by atoms with van der Waals surface area (Å²) >= 11 is 1.40. The highest BCUT2D eigenvalue weighted by atomic mass is 32.1. The lowest BCUT2D eigenvalue weighted by atomic mass is 10.5. The SMILES string of the molecule is CC.Cc1ccc(O)s1. The van der Waals surface area contributed by atoms with E-state index in [1.54, 1.807) is 6.07 Å². The van der Waals surface area contributed by atoms with Crippen molar-refractivity contribution in [2.24, 2.45) is 0 Å². The van der Waals surface area contributed by atoms with Crippen LogP contribution in [0, 0.1) is 6.92 Å². The van der Waals surface area contributed by atoms with Gasteiger partial charge in [-0.05, 0) is 19.1 Å². The average molecular weight is 144 g/mol. The predicted octanol–water partition coefficient (Wildman–Crippen LogP) is 2.79. The van der Waals surface area contributed by atoms with Gasteiger partial charge in [0.25, 0.3) is 0 Å². The molecule has 1 N–H and O–H groups in total. The van der Waals surface area contributed by atoms with Gasteiger partial charge in [0, 0.05) is 4.88 Å². The van der Waals surface area contributed by atoms with Crippen LogP contribution < -0.4 is 0 Å². The molecule has 9 heavy (non-hydrogen) atoms. The lowest BCUT2D eigenvalue weighted by molar-refractivity contribution is 0.491. The maximum Gasteiger partial charge on any atom is 0.171 e. The Labute approximate surface area is 60.0 Å². The fraction of sp³-hybridized carbons (Fsp3) is 0.429. The van der Waals surface area contributed by atoms with Crippen LogP contribution in [-0.2, 0) is 0 Å². The number of hydrogen-bond donors (Lipinski definition) is 1. The van der Waals surface area contributed by atoms with Crippen LogP contribution in [0.4, 0.5) is 0 Å². The lowest BCUT2D eigenvalue weighted by Crippen LogP contribution is -1.43. The molecule has 0 saturated heterocycles. The molecule has 1 rings (SSSR count). The summed E-state index contributed by atoms with van der Waals surface area (Å²) in [6, 6.07) is 3.58. The van der Waals surface area contributed by atoms with E-state index in [1.807, 2.05) is 26.8 Å². The summed E-state index contributed by atoms with van der Waals surface area (Å²) in [5, 5.41) is 9.07. The summed E-state index contributed by atoms with van der Waals surface area (Å²) in [7, 11) is 0. The van der Waals surface area contributed by atoms with Gasteiger partial charge >= 0.3 is 0 Å². The molecule has 1 nitrogen and oxygen atoms in total. The highest BCUT2D eigenvalue weighted by molar-refractivity contribution is 7.13. The Morgan fingerprint density at radius 2 is 1.89 bits per heavy atom. The van der Waals surface area contributed by atoms with E-state index in [4.69, 9.17) is 5.11 Å². The Morgan fingerprint density at radius 3 is 2.00 bits per heavy atom. The Morgan fingerprint density at radius 1 is 1.33 bits per heavy atom. The van der Waals surface area contributed by atoms with Gasteiger partial charge in [0.05, 0.1) is 0 Å². The molecular formula is C7H12OS. The van der Waals surface area contributed by atoms with Crippen molar-refractivity contribution in [3.05, 3.63) is 17.0 Å². The Kier molecular flexibility index (Phi) is 4.14. The van der Waals surface area contributed by atoms with E-state index < -0.39 is 0 Å². The van der Waals surface area contributed by atoms with E-state index >= 15 is 0 Å². The molecule has 0 aliphatic rings. The normalized spacial score (nSPS) is 7.89. The number of hydrogen-bond acceptors (Lipinski definition) is 2. The summed E-state index contributed by atoms with van der Waals surface area (Å²) in [4.78, 5) is 1.15. The van der Waals surface area contributed by atoms with Crippen LogP contribution in [0.25, 0.3) is 0 Å². The van der Waals surface area contributed by atoms with Crippen molar-refractivity contribution in [1.82, 2.24) is 0 Å². The molecule has 1 aromatic heterocycles. The molecule has 1 heterocycles. The third-order valence-corrected chi connectivity index (χ3v) is 1.53. The van der Waals surface area contributed by atoms with E-state index in [1.165, 1.54) is 11.3 Å². The largest absolute Gasteiger partial charge is 0.499 e. The predicted molar refractivity (Wildman–Crippen MR) is 42.1 cm³/mol. The standard InChI is InChI=1S/C5H6OS.C2H6/c1-4-2-3-5(6)7-4;1-2/h2-3,6H,1H3;1-2H3. The van der Waals surface area contributed by atoms with Gasteiger partial charge in [-0.15, -0.1) is 11.3 Å². The molecule has 0 bridgehead atoms. The van der Waals surface area contributed by atoms with Crippen LogP contribution in [0.2, 0.25) is 0 Å². The molecule has 1 aromatic rings. The number of rotatable bonds is 0. The van der Waals surface area contributed by atoms with Crippen molar-refractivity contribution >= 4 is 11.3 Å². The topological polar surface area (TPSA) is 20.2 Å². The summed E-state index contributed by atoms with van der Waals surface area (Å²) in [5.41, 5.74) is 0. The quantitative estimate of drug-likeness (QED) is 0.593. The second-order valence-corrected chi connectivity index (χ2v) is 2.65. The van der Waals surface area contributed by atoms with Crippen LogP contribution in [0.5, 0.6) is 5.06 Å². The van der Waals surface area contributed by atoms with Crippen LogP contribution >= 0.6 is 11.3 Å². The van der Waals surface area contributed by atoms with Gasteiger partial charge < -0.3 is 5.11 Å². The molecule has 52 valence electrons. The van der Waals surface area contributed by atoms with Crippen LogP contribution in [-0.4, -0.2) is 5.11 Å². The van der Waals surface area contributed by atoms with Gasteiger partial charge in [-0.1, -0.05) is 13.8 Å². The number of aromatic hydroxyl groups is 1. The molecule has 0 atom stereocenters. The minimum atomic E-state index is 0.400. The second kappa shape index (κ2) is 4.39. The van der Waals surface area contributed by atoms with E-state index in [9.17, 15) is 0 Å². The highest BCUT2D eigenvalue weighted by Crippen LogP contribution is 2.20. The third-order valence-electron chi connectivity index (χ3n) is 0.726. The molecule has 0 unspecified atom stereocenters. The summed E-state index contributed by atoms with van der Waals surface area (Å²) in [5.74, 6) is 0. The van der Waals surface area contributed by atoms with Gasteiger partial charge in [-0.25, -0.2) is 0 Å². The molecule has 0 saturated carbocycles. The number of aryl methyl sites for hydroxylation is 1. The zero-order valence-corrected chi connectivity index (χ0v) is 6.83. The van der Waals surface area contributed by atoms with Crippen molar-refractivity contribution in [3.63, 3.8) is 0 Å². The first-order chi connectivity index (χ1) is 4.29. The molecule has 0 amide bonds. The minimum Gasteiger partial charge on any atom is -0.499 e. The maximum atomic E-state index is 8.67. The van der Waals surface area contributed by atoms with Gasteiger partial charge in [-0.3, -0.25) is 0 Å². The summed E-state index contributed by atoms with van der Waals surface area (Å²) in [6.07, 6.45) is 0. The summed E-state index contributed by atoms with van der Waals surface area (Å²) in [6.45, 7) is 5.96. The van der Waals surface area contributed by atoms with Gasteiger partial charge in [0.1, 0.15) is 0 Å². The van der Waals surface area contributed by atoms with Crippen LogP contribution in [0.3, 0.4) is 0 Å². The molecule has 0 aromatic carbocycles. The summed E-state index contributed by atoms with van der Waals surface area (Å²) < 4.78 is 0.